The molecule has 0 saturated carbocycles. The number of hydrogen-bond donors (Lipinski definition) is 3. The standard InChI is InChI=1S/C18H17N3O2/c19-17(20)16-11-5-4-9-15(16)10-6-12-21-18(22)23-13-14-7-2-1-3-8-14/h1-5,7-9,11H,12-13H2,(H3,19,20)(H,21,22). The van der Waals surface area contributed by atoms with Crippen LogP contribution in [0.5, 0.6) is 0 Å². The molecule has 5 nitrogen and oxygen atoms in total. The van der Waals surface area contributed by atoms with Crippen LogP contribution in [0.3, 0.4) is 0 Å². The number of amidine groups is 1. The predicted molar refractivity (Wildman–Crippen MR) is 89.0 cm³/mol. The summed E-state index contributed by atoms with van der Waals surface area (Å²) in [7, 11) is 0. The molecule has 4 N–H and O–H groups in total. The van der Waals surface area contributed by atoms with Crippen molar-refractivity contribution >= 4 is 11.9 Å². The molecule has 0 fully saturated rings. The fourth-order valence-corrected chi connectivity index (χ4v) is 1.86. The number of benzene rings is 2. The van der Waals surface area contributed by atoms with Gasteiger partial charge in [-0.2, -0.15) is 0 Å². The lowest BCUT2D eigenvalue weighted by atomic mass is 10.1. The average molecular weight is 307 g/mol. The van der Waals surface area contributed by atoms with Gasteiger partial charge in [0.1, 0.15) is 12.4 Å². The van der Waals surface area contributed by atoms with Crippen molar-refractivity contribution < 1.29 is 9.53 Å². The minimum Gasteiger partial charge on any atom is -0.445 e. The molecule has 0 radical (unpaired) electrons. The fourth-order valence-electron chi connectivity index (χ4n) is 1.86. The van der Waals surface area contributed by atoms with E-state index in [2.05, 4.69) is 17.2 Å². The van der Waals surface area contributed by atoms with E-state index < -0.39 is 6.09 Å². The number of amides is 1. The number of alkyl carbamates (subject to hydrolysis) is 1. The Morgan fingerprint density at radius 1 is 1.13 bits per heavy atom. The third-order valence-corrected chi connectivity index (χ3v) is 2.97. The van der Waals surface area contributed by atoms with Gasteiger partial charge in [-0.25, -0.2) is 4.79 Å². The summed E-state index contributed by atoms with van der Waals surface area (Å²) in [5, 5.41) is 10.0. The van der Waals surface area contributed by atoms with Crippen molar-refractivity contribution in [2.24, 2.45) is 5.73 Å². The van der Waals surface area contributed by atoms with Gasteiger partial charge >= 0.3 is 6.09 Å². The summed E-state index contributed by atoms with van der Waals surface area (Å²) >= 11 is 0. The van der Waals surface area contributed by atoms with Gasteiger partial charge in [0.2, 0.25) is 0 Å². The van der Waals surface area contributed by atoms with E-state index >= 15 is 0 Å². The monoisotopic (exact) mass is 307 g/mol. The predicted octanol–water partition coefficient (Wildman–Crippen LogP) is 2.25. The molecular weight excluding hydrogens is 290 g/mol. The maximum atomic E-state index is 11.5. The number of nitrogens with one attached hydrogen (secondary N) is 2. The first-order valence-corrected chi connectivity index (χ1v) is 7.03. The van der Waals surface area contributed by atoms with E-state index in [1.54, 1.807) is 18.2 Å². The van der Waals surface area contributed by atoms with E-state index in [0.29, 0.717) is 11.1 Å². The van der Waals surface area contributed by atoms with Crippen LogP contribution >= 0.6 is 0 Å². The lowest BCUT2D eigenvalue weighted by Gasteiger charge is -2.04. The highest BCUT2D eigenvalue weighted by Gasteiger charge is 2.02. The molecule has 0 aromatic heterocycles. The van der Waals surface area contributed by atoms with Crippen molar-refractivity contribution in [1.29, 1.82) is 5.41 Å². The molecule has 2 rings (SSSR count). The molecule has 0 bridgehead atoms. The second-order valence-electron chi connectivity index (χ2n) is 4.68. The van der Waals surface area contributed by atoms with Crippen LogP contribution in [0.1, 0.15) is 16.7 Å². The maximum absolute atomic E-state index is 11.5. The first-order chi connectivity index (χ1) is 11.2. The van der Waals surface area contributed by atoms with Gasteiger partial charge in [-0.05, 0) is 11.6 Å². The van der Waals surface area contributed by atoms with E-state index in [1.165, 1.54) is 0 Å². The highest BCUT2D eigenvalue weighted by molar-refractivity contribution is 5.97. The molecule has 0 aliphatic carbocycles. The van der Waals surface area contributed by atoms with Crippen molar-refractivity contribution in [2.75, 3.05) is 6.54 Å². The number of rotatable bonds is 4. The number of nitrogens with two attached hydrogens (primary N) is 1. The van der Waals surface area contributed by atoms with Crippen molar-refractivity contribution in [1.82, 2.24) is 5.32 Å². The van der Waals surface area contributed by atoms with Crippen molar-refractivity contribution in [2.45, 2.75) is 6.61 Å². The molecule has 0 aliphatic heterocycles. The Bertz CT molecular complexity index is 746. The van der Waals surface area contributed by atoms with Crippen LogP contribution in [-0.2, 0) is 11.3 Å². The molecule has 5 heteroatoms. The third kappa shape index (κ3) is 5.21. The summed E-state index contributed by atoms with van der Waals surface area (Å²) in [6, 6.07) is 16.5. The van der Waals surface area contributed by atoms with E-state index in [4.69, 9.17) is 15.9 Å². The molecule has 0 heterocycles. The first kappa shape index (κ1) is 16.1. The minimum absolute atomic E-state index is 0.0369. The number of ether oxygens (including phenoxy) is 1. The molecule has 2 aromatic rings. The van der Waals surface area contributed by atoms with Crippen molar-refractivity contribution in [3.63, 3.8) is 0 Å². The van der Waals surface area contributed by atoms with E-state index in [-0.39, 0.29) is 19.0 Å². The zero-order chi connectivity index (χ0) is 16.5. The second-order valence-corrected chi connectivity index (χ2v) is 4.68. The molecule has 116 valence electrons. The van der Waals surface area contributed by atoms with E-state index in [1.807, 2.05) is 36.4 Å². The molecule has 0 unspecified atom stereocenters. The van der Waals surface area contributed by atoms with Gasteiger partial charge < -0.3 is 15.8 Å². The van der Waals surface area contributed by atoms with Gasteiger partial charge in [0.25, 0.3) is 0 Å². The quantitative estimate of drug-likeness (QED) is 0.460. The van der Waals surface area contributed by atoms with Gasteiger partial charge in [-0.1, -0.05) is 60.4 Å². The van der Waals surface area contributed by atoms with Crippen LogP contribution in [0.15, 0.2) is 54.6 Å². The highest BCUT2D eigenvalue weighted by Crippen LogP contribution is 2.05. The Balaban J connectivity index is 1.81. The zero-order valence-electron chi connectivity index (χ0n) is 12.5. The number of carbonyl (C=O) groups excluding carboxylic acids is 1. The topological polar surface area (TPSA) is 88.2 Å². The lowest BCUT2D eigenvalue weighted by Crippen LogP contribution is -2.24. The van der Waals surface area contributed by atoms with Gasteiger partial charge in [0.05, 0.1) is 6.54 Å². The normalized spacial score (nSPS) is 9.39. The van der Waals surface area contributed by atoms with Crippen molar-refractivity contribution in [3.05, 3.63) is 71.3 Å². The van der Waals surface area contributed by atoms with Crippen LogP contribution in [0, 0.1) is 17.3 Å². The summed E-state index contributed by atoms with van der Waals surface area (Å²) in [5.41, 5.74) is 7.64. The molecule has 2 aromatic carbocycles. The largest absolute Gasteiger partial charge is 0.445 e. The molecule has 0 aliphatic rings. The van der Waals surface area contributed by atoms with Crippen LogP contribution in [-0.4, -0.2) is 18.5 Å². The van der Waals surface area contributed by atoms with E-state index in [9.17, 15) is 4.79 Å². The number of carbonyl (C=O) groups is 1. The minimum atomic E-state index is -0.525. The number of hydrogen-bond acceptors (Lipinski definition) is 3. The van der Waals surface area contributed by atoms with Crippen LogP contribution in [0.2, 0.25) is 0 Å². The molecule has 23 heavy (non-hydrogen) atoms. The highest BCUT2D eigenvalue weighted by atomic mass is 16.5. The van der Waals surface area contributed by atoms with Gasteiger partial charge in [0.15, 0.2) is 0 Å². The van der Waals surface area contributed by atoms with Crippen molar-refractivity contribution in [3.8, 4) is 11.8 Å². The maximum Gasteiger partial charge on any atom is 0.408 e. The number of nitrogen functional groups attached to an aromatic ring is 1. The van der Waals surface area contributed by atoms with Gasteiger partial charge in [0, 0.05) is 11.1 Å². The van der Waals surface area contributed by atoms with Crippen LogP contribution in [0.4, 0.5) is 4.79 Å². The Morgan fingerprint density at radius 3 is 2.57 bits per heavy atom. The molecular formula is C18H17N3O2. The van der Waals surface area contributed by atoms with Crippen LogP contribution in [0.25, 0.3) is 0 Å². The smallest absolute Gasteiger partial charge is 0.408 e. The SMILES string of the molecule is N=C(N)c1ccccc1C#CCNC(=O)OCc1ccccc1. The summed E-state index contributed by atoms with van der Waals surface area (Å²) in [5.74, 6) is 5.66. The Morgan fingerprint density at radius 2 is 1.83 bits per heavy atom. The van der Waals surface area contributed by atoms with Gasteiger partial charge in [-0.3, -0.25) is 5.41 Å². The lowest BCUT2D eigenvalue weighted by molar-refractivity contribution is 0.141. The second kappa shape index (κ2) is 8.25. The Labute approximate surface area is 135 Å². The third-order valence-electron chi connectivity index (χ3n) is 2.97. The molecule has 1 amide bonds. The fraction of sp³-hybridized carbons (Fsp3) is 0.111. The summed E-state index contributed by atoms with van der Waals surface area (Å²) in [6.07, 6.45) is -0.525. The Kier molecular flexibility index (Phi) is 5.78. The summed E-state index contributed by atoms with van der Waals surface area (Å²) in [6.45, 7) is 0.368. The average Bonchev–Trinajstić information content (AvgIpc) is 2.58. The van der Waals surface area contributed by atoms with Gasteiger partial charge in [-0.15, -0.1) is 0 Å². The zero-order valence-corrected chi connectivity index (χ0v) is 12.5. The molecule has 0 atom stereocenters. The Hall–Kier alpha value is -3.26. The summed E-state index contributed by atoms with van der Waals surface area (Å²) < 4.78 is 5.07. The molecule has 0 saturated heterocycles. The van der Waals surface area contributed by atoms with E-state index in [0.717, 1.165) is 5.56 Å². The molecule has 0 spiro atoms. The summed E-state index contributed by atoms with van der Waals surface area (Å²) in [4.78, 5) is 11.5. The first-order valence-electron chi connectivity index (χ1n) is 7.03. The van der Waals surface area contributed by atoms with Crippen LogP contribution < -0.4 is 11.1 Å².